The monoisotopic (exact) mass is 478 g/mol. The maximum absolute atomic E-state index is 15.5. The lowest BCUT2D eigenvalue weighted by molar-refractivity contribution is 0.0968. The van der Waals surface area contributed by atoms with Crippen LogP contribution in [0, 0.1) is 26.5 Å². The number of rotatable bonds is 4. The van der Waals surface area contributed by atoms with Gasteiger partial charge < -0.3 is 5.32 Å². The van der Waals surface area contributed by atoms with Gasteiger partial charge in [-0.2, -0.15) is 0 Å². The Morgan fingerprint density at radius 2 is 2.12 bits per heavy atom. The van der Waals surface area contributed by atoms with Gasteiger partial charge in [0.15, 0.2) is 0 Å². The zero-order chi connectivity index (χ0) is 26.3. The van der Waals surface area contributed by atoms with Crippen LogP contribution in [0.4, 0.5) is 10.2 Å². The molecule has 0 bridgehead atoms. The van der Waals surface area contributed by atoms with E-state index in [0.29, 0.717) is 17.9 Å². The van der Waals surface area contributed by atoms with Crippen molar-refractivity contribution in [1.29, 1.82) is 0 Å². The van der Waals surface area contributed by atoms with Crippen LogP contribution in [0.15, 0.2) is 42.6 Å². The van der Waals surface area contributed by atoms with Crippen molar-refractivity contribution in [3.8, 4) is 10.6 Å². The maximum Gasteiger partial charge on any atom is 0.262 e. The second-order valence-electron chi connectivity index (χ2n) is 8.60. The van der Waals surface area contributed by atoms with Gasteiger partial charge >= 0.3 is 0 Å². The third-order valence-electron chi connectivity index (χ3n) is 6.14. The minimum atomic E-state index is -2.39. The van der Waals surface area contributed by atoms with Crippen LogP contribution >= 0.6 is 11.3 Å². The number of halogens is 1. The van der Waals surface area contributed by atoms with Gasteiger partial charge in [-0.25, -0.2) is 9.37 Å². The fraction of sp³-hybridized carbons (Fsp3) is 0.308. The largest absolute Gasteiger partial charge is 0.315 e. The predicted molar refractivity (Wildman–Crippen MR) is 134 cm³/mol. The number of nitrogens with one attached hydrogen (secondary N) is 1. The van der Waals surface area contributed by atoms with Crippen LogP contribution in [0.25, 0.3) is 21.3 Å². The zero-order valence-corrected chi connectivity index (χ0v) is 19.7. The standard InChI is InChI=1S/C26H26FN5OS/c1-15-11-16(2)23-18(12-15)8-10-29-24(23)32(20-5-4-9-28-14-20)26(33)21-7-6-19(13-22(21)27)25-31-30-17(3)34-25/h6-8,10-13,20,28H,4-5,9,14H2,1-3H3/t20-/m1/s1/i3D3. The van der Waals surface area contributed by atoms with E-state index in [1.165, 1.54) is 12.1 Å². The number of pyridine rings is 1. The number of carbonyl (C=O) groups excluding carboxylic acids is 1. The first-order valence-electron chi connectivity index (χ1n) is 12.7. The van der Waals surface area contributed by atoms with E-state index in [1.807, 2.05) is 19.9 Å². The molecular weight excluding hydrogens is 449 g/mol. The normalized spacial score (nSPS) is 17.7. The number of benzene rings is 2. The first-order chi connectivity index (χ1) is 17.6. The Hall–Kier alpha value is -3.23. The molecule has 0 aliphatic carbocycles. The van der Waals surface area contributed by atoms with Gasteiger partial charge in [-0.3, -0.25) is 9.69 Å². The summed E-state index contributed by atoms with van der Waals surface area (Å²) >= 11 is 0.881. The molecule has 1 amide bonds. The molecule has 0 saturated carbocycles. The van der Waals surface area contributed by atoms with E-state index in [4.69, 9.17) is 4.11 Å². The molecule has 3 heterocycles. The average Bonchev–Trinajstić information content (AvgIpc) is 3.36. The second-order valence-corrected chi connectivity index (χ2v) is 9.57. The summed E-state index contributed by atoms with van der Waals surface area (Å²) in [4.78, 5) is 20.2. The van der Waals surface area contributed by atoms with Gasteiger partial charge in [0.05, 0.1) is 11.6 Å². The van der Waals surface area contributed by atoms with E-state index in [0.717, 1.165) is 52.6 Å². The van der Waals surface area contributed by atoms with Crippen LogP contribution < -0.4 is 10.2 Å². The van der Waals surface area contributed by atoms with Gasteiger partial charge in [-0.15, -0.1) is 10.2 Å². The minimum Gasteiger partial charge on any atom is -0.315 e. The Kier molecular flexibility index (Phi) is 5.17. The lowest BCUT2D eigenvalue weighted by Gasteiger charge is -2.35. The Labute approximate surface area is 206 Å². The van der Waals surface area contributed by atoms with Crippen molar-refractivity contribution in [3.63, 3.8) is 0 Å². The summed E-state index contributed by atoms with van der Waals surface area (Å²) in [5, 5.41) is 13.0. The quantitative estimate of drug-likeness (QED) is 0.436. The molecule has 1 aliphatic heterocycles. The summed E-state index contributed by atoms with van der Waals surface area (Å²) in [6.45, 7) is 3.07. The van der Waals surface area contributed by atoms with E-state index in [1.54, 1.807) is 17.2 Å². The van der Waals surface area contributed by atoms with Crippen molar-refractivity contribution in [2.24, 2.45) is 0 Å². The van der Waals surface area contributed by atoms with E-state index >= 15 is 4.39 Å². The smallest absolute Gasteiger partial charge is 0.262 e. The molecule has 2 aromatic heterocycles. The average molecular weight is 479 g/mol. The van der Waals surface area contributed by atoms with Crippen molar-refractivity contribution in [2.45, 2.75) is 39.6 Å². The molecule has 8 heteroatoms. The van der Waals surface area contributed by atoms with Crippen molar-refractivity contribution in [2.75, 3.05) is 18.0 Å². The summed E-state index contributed by atoms with van der Waals surface area (Å²) < 4.78 is 38.0. The molecule has 1 aliphatic rings. The van der Waals surface area contributed by atoms with Crippen molar-refractivity contribution < 1.29 is 13.3 Å². The Morgan fingerprint density at radius 1 is 1.24 bits per heavy atom. The second kappa shape index (κ2) is 9.19. The maximum atomic E-state index is 15.5. The number of carbonyl (C=O) groups is 1. The molecular formula is C26H26FN5OS. The molecule has 174 valence electrons. The summed E-state index contributed by atoms with van der Waals surface area (Å²) in [5.41, 5.74) is 2.39. The van der Waals surface area contributed by atoms with Crippen LogP contribution in [0.3, 0.4) is 0 Å². The molecule has 0 radical (unpaired) electrons. The number of fused-ring (bicyclic) bond motifs is 1. The molecule has 2 aromatic carbocycles. The molecule has 4 aromatic rings. The van der Waals surface area contributed by atoms with Gasteiger partial charge in [-0.05, 0) is 69.2 Å². The number of aryl methyl sites for hydroxylation is 3. The highest BCUT2D eigenvalue weighted by molar-refractivity contribution is 7.14. The van der Waals surface area contributed by atoms with Crippen LogP contribution in [0.1, 0.15) is 43.4 Å². The first-order valence-corrected chi connectivity index (χ1v) is 12.0. The fourth-order valence-electron chi connectivity index (χ4n) is 4.65. The number of amides is 1. The molecule has 1 saturated heterocycles. The highest BCUT2D eigenvalue weighted by Crippen LogP contribution is 2.33. The number of piperidine rings is 1. The van der Waals surface area contributed by atoms with Crippen LogP contribution in [-0.2, 0) is 0 Å². The van der Waals surface area contributed by atoms with Gasteiger partial charge in [-0.1, -0.05) is 35.1 Å². The highest BCUT2D eigenvalue weighted by Gasteiger charge is 2.32. The Morgan fingerprint density at radius 3 is 2.85 bits per heavy atom. The van der Waals surface area contributed by atoms with E-state index in [-0.39, 0.29) is 21.6 Å². The Bertz CT molecular complexity index is 1480. The SMILES string of the molecule is [2H]C([2H])([2H])c1nnc(-c2ccc(C(=O)N(c3nccc4cc(C)cc(C)c34)[C@@H]3CCCNC3)c(F)c2)s1. The van der Waals surface area contributed by atoms with Crippen LogP contribution in [0.2, 0.25) is 0 Å². The molecule has 0 spiro atoms. The third-order valence-corrected chi connectivity index (χ3v) is 6.93. The van der Waals surface area contributed by atoms with Gasteiger partial charge in [0, 0.05) is 27.8 Å². The fourth-order valence-corrected chi connectivity index (χ4v) is 5.24. The summed E-state index contributed by atoms with van der Waals surface area (Å²) in [5.74, 6) is -0.670. The molecule has 1 N–H and O–H groups in total. The highest BCUT2D eigenvalue weighted by atomic mass is 32.1. The topological polar surface area (TPSA) is 71.0 Å². The molecule has 34 heavy (non-hydrogen) atoms. The minimum absolute atomic E-state index is 0.0848. The lowest BCUT2D eigenvalue weighted by Crippen LogP contribution is -2.49. The number of hydrogen-bond acceptors (Lipinski definition) is 6. The van der Waals surface area contributed by atoms with Crippen molar-refractivity contribution in [3.05, 3.63) is 70.1 Å². The number of anilines is 1. The van der Waals surface area contributed by atoms with Crippen molar-refractivity contribution in [1.82, 2.24) is 20.5 Å². The summed E-state index contributed by atoms with van der Waals surface area (Å²) in [6, 6.07) is 10.0. The molecule has 5 rings (SSSR count). The summed E-state index contributed by atoms with van der Waals surface area (Å²) in [7, 11) is 0. The van der Waals surface area contributed by atoms with Crippen LogP contribution in [0.5, 0.6) is 0 Å². The third kappa shape index (κ3) is 4.19. The van der Waals surface area contributed by atoms with E-state index in [2.05, 4.69) is 32.6 Å². The van der Waals surface area contributed by atoms with E-state index < -0.39 is 18.6 Å². The zero-order valence-electron chi connectivity index (χ0n) is 21.9. The number of aromatic nitrogens is 3. The number of hydrogen-bond donors (Lipinski definition) is 1. The molecule has 1 fully saturated rings. The van der Waals surface area contributed by atoms with Gasteiger partial charge in [0.1, 0.15) is 21.7 Å². The number of nitrogens with zero attached hydrogens (tertiary/aromatic N) is 4. The van der Waals surface area contributed by atoms with Gasteiger partial charge in [0.2, 0.25) is 0 Å². The van der Waals surface area contributed by atoms with E-state index in [9.17, 15) is 4.79 Å². The summed E-state index contributed by atoms with van der Waals surface area (Å²) in [6.07, 6.45) is 3.34. The lowest BCUT2D eigenvalue weighted by atomic mass is 9.99. The Balaban J connectivity index is 1.57. The van der Waals surface area contributed by atoms with Gasteiger partial charge in [0.25, 0.3) is 5.91 Å². The molecule has 6 nitrogen and oxygen atoms in total. The van der Waals surface area contributed by atoms with Crippen molar-refractivity contribution >= 4 is 33.8 Å². The van der Waals surface area contributed by atoms with Crippen LogP contribution in [-0.4, -0.2) is 40.2 Å². The molecule has 1 atom stereocenters. The predicted octanol–water partition coefficient (Wildman–Crippen LogP) is 5.22. The first kappa shape index (κ1) is 19.1. The molecule has 0 unspecified atom stereocenters.